The van der Waals surface area contributed by atoms with Gasteiger partial charge in [-0.1, -0.05) is 19.1 Å². The fraction of sp³-hybridized carbons (Fsp3) is 0.188. The molecule has 0 atom stereocenters. The second-order valence-corrected chi connectivity index (χ2v) is 4.38. The summed E-state index contributed by atoms with van der Waals surface area (Å²) >= 11 is 0. The Kier molecular flexibility index (Phi) is 4.46. The van der Waals surface area contributed by atoms with E-state index >= 15 is 0 Å². The van der Waals surface area contributed by atoms with Crippen molar-refractivity contribution in [1.82, 2.24) is 4.98 Å². The van der Waals surface area contributed by atoms with Crippen molar-refractivity contribution in [3.8, 4) is 6.07 Å². The largest absolute Gasteiger partial charge is 0.322 e. The molecule has 0 spiro atoms. The Bertz CT molecular complexity index is 642. The Balaban J connectivity index is 2.11. The van der Waals surface area contributed by atoms with Crippen molar-refractivity contribution >= 4 is 11.6 Å². The van der Waals surface area contributed by atoms with Crippen LogP contribution >= 0.6 is 0 Å². The third-order valence-electron chi connectivity index (χ3n) is 2.96. The maximum Gasteiger partial charge on any atom is 0.255 e. The molecule has 2 aromatic rings. The average molecular weight is 265 g/mol. The minimum Gasteiger partial charge on any atom is -0.322 e. The summed E-state index contributed by atoms with van der Waals surface area (Å²) in [6, 6.07) is 13.0. The van der Waals surface area contributed by atoms with Crippen molar-refractivity contribution in [3.63, 3.8) is 0 Å². The van der Waals surface area contributed by atoms with Crippen LogP contribution in [0.4, 0.5) is 5.69 Å². The van der Waals surface area contributed by atoms with E-state index in [1.165, 1.54) is 5.56 Å². The topological polar surface area (TPSA) is 65.8 Å². The zero-order chi connectivity index (χ0) is 14.4. The molecule has 0 aliphatic carbocycles. The van der Waals surface area contributed by atoms with E-state index in [2.05, 4.69) is 17.2 Å². The molecule has 0 saturated heterocycles. The Hall–Kier alpha value is -2.67. The van der Waals surface area contributed by atoms with Crippen LogP contribution in [0.5, 0.6) is 0 Å². The van der Waals surface area contributed by atoms with Gasteiger partial charge in [0.15, 0.2) is 0 Å². The first-order valence-corrected chi connectivity index (χ1v) is 6.45. The van der Waals surface area contributed by atoms with Crippen LogP contribution in [-0.4, -0.2) is 10.9 Å². The monoisotopic (exact) mass is 265 g/mol. The third kappa shape index (κ3) is 3.42. The normalized spacial score (nSPS) is 9.80. The van der Waals surface area contributed by atoms with Gasteiger partial charge in [-0.15, -0.1) is 0 Å². The van der Waals surface area contributed by atoms with Crippen LogP contribution in [0.15, 0.2) is 42.6 Å². The Morgan fingerprint density at radius 1 is 1.30 bits per heavy atom. The van der Waals surface area contributed by atoms with Crippen LogP contribution in [0.25, 0.3) is 0 Å². The van der Waals surface area contributed by atoms with E-state index in [1.807, 2.05) is 30.3 Å². The van der Waals surface area contributed by atoms with Crippen LogP contribution in [0.2, 0.25) is 0 Å². The molecule has 1 heterocycles. The summed E-state index contributed by atoms with van der Waals surface area (Å²) in [5.74, 6) is -0.198. The van der Waals surface area contributed by atoms with E-state index in [0.29, 0.717) is 11.3 Å². The fourth-order valence-electron chi connectivity index (χ4n) is 1.82. The zero-order valence-corrected chi connectivity index (χ0v) is 11.3. The first kappa shape index (κ1) is 13.8. The molecule has 0 saturated carbocycles. The number of nitrogens with zero attached hydrogens (tertiary/aromatic N) is 2. The Morgan fingerprint density at radius 2 is 2.05 bits per heavy atom. The summed E-state index contributed by atoms with van der Waals surface area (Å²) in [6.07, 6.45) is 2.71. The molecule has 1 N–H and O–H groups in total. The summed E-state index contributed by atoms with van der Waals surface area (Å²) in [6.45, 7) is 2.08. The Labute approximate surface area is 118 Å². The van der Waals surface area contributed by atoms with Crippen molar-refractivity contribution in [2.45, 2.75) is 19.8 Å². The first-order valence-electron chi connectivity index (χ1n) is 6.45. The molecule has 100 valence electrons. The van der Waals surface area contributed by atoms with E-state index in [1.54, 1.807) is 18.3 Å². The number of carbonyl (C=O) groups is 1. The molecule has 0 radical (unpaired) electrons. The highest BCUT2D eigenvalue weighted by atomic mass is 16.1. The molecule has 2 rings (SSSR count). The number of hydrogen-bond donors (Lipinski definition) is 1. The molecule has 0 fully saturated rings. The molecule has 0 bridgehead atoms. The maximum atomic E-state index is 12.1. The second kappa shape index (κ2) is 6.48. The number of carbonyl (C=O) groups excluding carboxylic acids is 1. The molecule has 0 aliphatic heterocycles. The first-order chi connectivity index (χ1) is 9.72. The minimum atomic E-state index is -0.198. The van der Waals surface area contributed by atoms with Crippen molar-refractivity contribution < 1.29 is 4.79 Å². The van der Waals surface area contributed by atoms with Crippen molar-refractivity contribution in [2.75, 3.05) is 5.32 Å². The number of nitrogens with one attached hydrogen (secondary N) is 1. The fourth-order valence-corrected chi connectivity index (χ4v) is 1.82. The number of aromatic nitrogens is 1. The van der Waals surface area contributed by atoms with Gasteiger partial charge >= 0.3 is 0 Å². The third-order valence-corrected chi connectivity index (χ3v) is 2.96. The molecule has 1 amide bonds. The lowest BCUT2D eigenvalue weighted by atomic mass is 10.1. The minimum absolute atomic E-state index is 0.198. The quantitative estimate of drug-likeness (QED) is 0.924. The summed E-state index contributed by atoms with van der Waals surface area (Å²) in [5, 5.41) is 11.5. The van der Waals surface area contributed by atoms with Gasteiger partial charge in [-0.2, -0.15) is 5.26 Å². The highest BCUT2D eigenvalue weighted by molar-refractivity contribution is 6.04. The van der Waals surface area contributed by atoms with E-state index < -0.39 is 0 Å². The lowest BCUT2D eigenvalue weighted by Crippen LogP contribution is -2.12. The highest BCUT2D eigenvalue weighted by Gasteiger charge is 2.07. The van der Waals surface area contributed by atoms with Gasteiger partial charge in [0.25, 0.3) is 5.91 Å². The number of amides is 1. The van der Waals surface area contributed by atoms with Gasteiger partial charge in [-0.05, 0) is 36.2 Å². The van der Waals surface area contributed by atoms with Gasteiger partial charge in [-0.3, -0.25) is 9.78 Å². The standard InChI is InChI=1S/C16H15N3O/c1-2-12-3-5-14(6-4-12)19-16(20)13-8-10-18-15(11-13)7-9-17/h3-6,8,10-11H,2,7H2,1H3,(H,19,20). The van der Waals surface area contributed by atoms with Gasteiger partial charge in [0.1, 0.15) is 0 Å². The molecule has 0 aliphatic rings. The molecule has 4 nitrogen and oxygen atoms in total. The van der Waals surface area contributed by atoms with Crippen molar-refractivity contribution in [2.24, 2.45) is 0 Å². The molecular formula is C16H15N3O. The smallest absolute Gasteiger partial charge is 0.255 e. The zero-order valence-electron chi connectivity index (χ0n) is 11.3. The molecule has 20 heavy (non-hydrogen) atoms. The predicted molar refractivity (Wildman–Crippen MR) is 77.3 cm³/mol. The van der Waals surface area contributed by atoms with E-state index in [4.69, 9.17) is 5.26 Å². The van der Waals surface area contributed by atoms with Gasteiger partial charge in [0.2, 0.25) is 0 Å². The van der Waals surface area contributed by atoms with Crippen LogP contribution in [0, 0.1) is 11.3 Å². The van der Waals surface area contributed by atoms with E-state index in [-0.39, 0.29) is 12.3 Å². The summed E-state index contributed by atoms with van der Waals surface area (Å²) in [4.78, 5) is 16.1. The molecule has 0 unspecified atom stereocenters. The lowest BCUT2D eigenvalue weighted by Gasteiger charge is -2.06. The summed E-state index contributed by atoms with van der Waals surface area (Å²) in [5.41, 5.74) is 3.08. The number of anilines is 1. The molecular weight excluding hydrogens is 250 g/mol. The summed E-state index contributed by atoms with van der Waals surface area (Å²) in [7, 11) is 0. The predicted octanol–water partition coefficient (Wildman–Crippen LogP) is 2.96. The van der Waals surface area contributed by atoms with Crippen LogP contribution in [0.1, 0.15) is 28.5 Å². The molecule has 1 aromatic heterocycles. The average Bonchev–Trinajstić information content (AvgIpc) is 2.48. The van der Waals surface area contributed by atoms with E-state index in [0.717, 1.165) is 12.1 Å². The van der Waals surface area contributed by atoms with Crippen LogP contribution in [0.3, 0.4) is 0 Å². The SMILES string of the molecule is CCc1ccc(NC(=O)c2ccnc(CC#N)c2)cc1. The molecule has 1 aromatic carbocycles. The molecule has 4 heteroatoms. The Morgan fingerprint density at radius 3 is 2.70 bits per heavy atom. The summed E-state index contributed by atoms with van der Waals surface area (Å²) < 4.78 is 0. The van der Waals surface area contributed by atoms with E-state index in [9.17, 15) is 4.79 Å². The van der Waals surface area contributed by atoms with Gasteiger partial charge in [0.05, 0.1) is 18.2 Å². The highest BCUT2D eigenvalue weighted by Crippen LogP contribution is 2.12. The second-order valence-electron chi connectivity index (χ2n) is 4.38. The number of hydrogen-bond acceptors (Lipinski definition) is 3. The van der Waals surface area contributed by atoms with Gasteiger partial charge in [0, 0.05) is 17.4 Å². The van der Waals surface area contributed by atoms with Gasteiger partial charge in [-0.25, -0.2) is 0 Å². The lowest BCUT2D eigenvalue weighted by molar-refractivity contribution is 0.102. The number of rotatable bonds is 4. The van der Waals surface area contributed by atoms with Crippen LogP contribution in [-0.2, 0) is 12.8 Å². The van der Waals surface area contributed by atoms with Crippen molar-refractivity contribution in [3.05, 3.63) is 59.4 Å². The van der Waals surface area contributed by atoms with Gasteiger partial charge < -0.3 is 5.32 Å². The number of aryl methyl sites for hydroxylation is 1. The maximum absolute atomic E-state index is 12.1. The van der Waals surface area contributed by atoms with Crippen molar-refractivity contribution in [1.29, 1.82) is 5.26 Å². The number of pyridine rings is 1. The number of benzene rings is 1. The van der Waals surface area contributed by atoms with Crippen LogP contribution < -0.4 is 5.32 Å². The number of nitriles is 1.